The molecular weight excluding hydrogens is 434 g/mol. The summed E-state index contributed by atoms with van der Waals surface area (Å²) in [4.78, 5) is 25.5. The van der Waals surface area contributed by atoms with Crippen molar-refractivity contribution in [2.75, 3.05) is 28.4 Å². The van der Waals surface area contributed by atoms with Gasteiger partial charge in [0.15, 0.2) is 5.82 Å². The number of carbonyl (C=O) groups is 1. The molecule has 2 aromatic heterocycles. The second kappa shape index (κ2) is 10.3. The largest absolute Gasteiger partial charge is 0.497 e. The fourth-order valence-corrected chi connectivity index (χ4v) is 3.02. The predicted molar refractivity (Wildman–Crippen MR) is 131 cm³/mol. The van der Waals surface area contributed by atoms with Crippen molar-refractivity contribution >= 4 is 40.8 Å². The minimum absolute atomic E-state index is 0.347. The van der Waals surface area contributed by atoms with Crippen LogP contribution in [0, 0.1) is 6.92 Å². The Bertz CT molecular complexity index is 1250. The summed E-state index contributed by atoms with van der Waals surface area (Å²) in [5.41, 5.74) is 2.98. The van der Waals surface area contributed by atoms with Crippen LogP contribution >= 0.6 is 0 Å². The Hall–Kier alpha value is -4.67. The average molecular weight is 460 g/mol. The molecule has 174 valence electrons. The number of carbonyl (C=O) groups excluding carboxylic acids is 1. The van der Waals surface area contributed by atoms with Gasteiger partial charge in [-0.1, -0.05) is 6.92 Å². The summed E-state index contributed by atoms with van der Waals surface area (Å²) in [5, 5.41) is 18.8. The molecule has 0 spiro atoms. The van der Waals surface area contributed by atoms with E-state index >= 15 is 0 Å². The van der Waals surface area contributed by atoms with Crippen LogP contribution < -0.4 is 26.0 Å². The molecule has 0 radical (unpaired) electrons. The second-order valence-corrected chi connectivity index (χ2v) is 7.32. The zero-order valence-electron chi connectivity index (χ0n) is 19.0. The van der Waals surface area contributed by atoms with Crippen LogP contribution in [0.2, 0.25) is 0 Å². The van der Waals surface area contributed by atoms with Gasteiger partial charge in [-0.15, -0.1) is 0 Å². The molecule has 11 nitrogen and oxygen atoms in total. The Morgan fingerprint density at radius 2 is 1.47 bits per heavy atom. The third-order valence-electron chi connectivity index (χ3n) is 4.69. The minimum atomic E-state index is -0.347. The zero-order valence-corrected chi connectivity index (χ0v) is 19.0. The summed E-state index contributed by atoms with van der Waals surface area (Å²) >= 11 is 0. The highest BCUT2D eigenvalue weighted by Gasteiger charge is 2.09. The van der Waals surface area contributed by atoms with Crippen LogP contribution in [0.5, 0.6) is 5.75 Å². The van der Waals surface area contributed by atoms with Crippen molar-refractivity contribution in [2.24, 2.45) is 0 Å². The van der Waals surface area contributed by atoms with Crippen molar-refractivity contribution < 1.29 is 9.53 Å². The number of rotatable bonds is 8. The van der Waals surface area contributed by atoms with Crippen molar-refractivity contribution in [1.29, 1.82) is 0 Å². The lowest BCUT2D eigenvalue weighted by atomic mass is 10.3. The number of methoxy groups -OCH3 is 1. The molecule has 0 unspecified atom stereocenters. The maximum absolute atomic E-state index is 12.3. The summed E-state index contributed by atoms with van der Waals surface area (Å²) in [6.45, 7) is 3.89. The molecule has 4 rings (SSSR count). The van der Waals surface area contributed by atoms with Gasteiger partial charge in [0.25, 0.3) is 0 Å². The smallest absolute Gasteiger partial charge is 0.323 e. The zero-order chi connectivity index (χ0) is 23.9. The van der Waals surface area contributed by atoms with Crippen molar-refractivity contribution in [3.8, 4) is 5.75 Å². The highest BCUT2D eigenvalue weighted by Crippen LogP contribution is 2.20. The number of aromatic nitrogens is 5. The Kier molecular flexibility index (Phi) is 6.82. The Morgan fingerprint density at radius 1 is 0.882 bits per heavy atom. The quantitative estimate of drug-likeness (QED) is 0.257. The Morgan fingerprint density at radius 3 is 2.03 bits per heavy atom. The van der Waals surface area contributed by atoms with E-state index in [2.05, 4.69) is 46.4 Å². The topological polar surface area (TPSA) is 142 Å². The molecule has 4 aromatic rings. The van der Waals surface area contributed by atoms with Crippen LogP contribution in [0.15, 0.2) is 54.6 Å². The first kappa shape index (κ1) is 22.5. The van der Waals surface area contributed by atoms with Gasteiger partial charge in [0, 0.05) is 35.2 Å². The number of nitrogens with one attached hydrogen (secondary N) is 5. The van der Waals surface area contributed by atoms with E-state index in [9.17, 15) is 4.79 Å². The lowest BCUT2D eigenvalue weighted by molar-refractivity contribution is 0.262. The van der Waals surface area contributed by atoms with E-state index in [4.69, 9.17) is 4.74 Å². The first-order valence-corrected chi connectivity index (χ1v) is 10.6. The fraction of sp³-hybridized carbons (Fsp3) is 0.174. The lowest BCUT2D eigenvalue weighted by Crippen LogP contribution is -2.19. The van der Waals surface area contributed by atoms with E-state index in [0.29, 0.717) is 41.3 Å². The summed E-state index contributed by atoms with van der Waals surface area (Å²) < 4.78 is 5.12. The number of urea groups is 1. The first-order valence-electron chi connectivity index (χ1n) is 10.6. The molecular formula is C23H25N9O2. The number of aryl methyl sites for hydroxylation is 2. The molecule has 0 aliphatic heterocycles. The fourth-order valence-electron chi connectivity index (χ4n) is 3.02. The first-order chi connectivity index (χ1) is 16.5. The van der Waals surface area contributed by atoms with Crippen molar-refractivity contribution in [1.82, 2.24) is 25.1 Å². The van der Waals surface area contributed by atoms with E-state index in [1.165, 1.54) is 0 Å². The van der Waals surface area contributed by atoms with Gasteiger partial charge in [-0.25, -0.2) is 4.79 Å². The van der Waals surface area contributed by atoms with Crippen LogP contribution in [0.1, 0.15) is 18.4 Å². The van der Waals surface area contributed by atoms with Crippen LogP contribution in [0.4, 0.5) is 39.6 Å². The molecule has 0 aliphatic carbocycles. The van der Waals surface area contributed by atoms with Gasteiger partial charge >= 0.3 is 6.03 Å². The highest BCUT2D eigenvalue weighted by atomic mass is 16.5. The molecule has 0 atom stereocenters. The maximum atomic E-state index is 12.3. The van der Waals surface area contributed by atoms with Gasteiger partial charge in [-0.3, -0.25) is 5.10 Å². The van der Waals surface area contributed by atoms with E-state index in [-0.39, 0.29) is 6.03 Å². The molecule has 0 saturated carbocycles. The van der Waals surface area contributed by atoms with Crippen LogP contribution in [0.25, 0.3) is 0 Å². The van der Waals surface area contributed by atoms with Gasteiger partial charge in [0.05, 0.1) is 7.11 Å². The minimum Gasteiger partial charge on any atom is -0.497 e. The third-order valence-corrected chi connectivity index (χ3v) is 4.69. The molecule has 0 fully saturated rings. The van der Waals surface area contributed by atoms with Crippen molar-refractivity contribution in [2.45, 2.75) is 20.3 Å². The van der Waals surface area contributed by atoms with Gasteiger partial charge < -0.3 is 26.0 Å². The number of hydrogen-bond donors (Lipinski definition) is 5. The monoisotopic (exact) mass is 459 g/mol. The molecule has 34 heavy (non-hydrogen) atoms. The van der Waals surface area contributed by atoms with Crippen molar-refractivity contribution in [3.63, 3.8) is 0 Å². The lowest BCUT2D eigenvalue weighted by Gasteiger charge is -2.10. The number of H-pyrrole nitrogens is 1. The molecule has 5 N–H and O–H groups in total. The molecule has 2 amide bonds. The van der Waals surface area contributed by atoms with E-state index in [0.717, 1.165) is 17.1 Å². The average Bonchev–Trinajstić information content (AvgIpc) is 3.25. The number of amides is 2. The summed E-state index contributed by atoms with van der Waals surface area (Å²) in [7, 11) is 1.59. The summed E-state index contributed by atoms with van der Waals surface area (Å²) in [5.74, 6) is 2.78. The summed E-state index contributed by atoms with van der Waals surface area (Å²) in [6.07, 6.45) is 0.650. The number of aromatic amines is 1. The molecule has 11 heteroatoms. The molecule has 0 bridgehead atoms. The van der Waals surface area contributed by atoms with Gasteiger partial charge in [0.2, 0.25) is 11.9 Å². The predicted octanol–water partition coefficient (Wildman–Crippen LogP) is 4.61. The standard InChI is InChI=1S/C23H25N9O2/c1-4-19-27-21(30-22(28-19)29-20-13-14(2)31-32-20)24-15-5-7-16(8-6-15)25-23(33)26-17-9-11-18(34-3)12-10-17/h5-13H,4H2,1-3H3,(H2,25,26,33)(H3,24,27,28,29,30,31,32). The Labute approximate surface area is 196 Å². The van der Waals surface area contributed by atoms with E-state index in [1.54, 1.807) is 43.5 Å². The van der Waals surface area contributed by atoms with Gasteiger partial charge in [-0.2, -0.15) is 20.1 Å². The van der Waals surface area contributed by atoms with Crippen LogP contribution in [0.3, 0.4) is 0 Å². The number of nitrogens with zero attached hydrogens (tertiary/aromatic N) is 4. The maximum Gasteiger partial charge on any atom is 0.323 e. The van der Waals surface area contributed by atoms with Crippen LogP contribution in [-0.4, -0.2) is 38.3 Å². The van der Waals surface area contributed by atoms with E-state index < -0.39 is 0 Å². The molecule has 2 aromatic carbocycles. The van der Waals surface area contributed by atoms with Gasteiger partial charge in [0.1, 0.15) is 11.6 Å². The molecule has 2 heterocycles. The number of hydrogen-bond acceptors (Lipinski definition) is 8. The molecule has 0 aliphatic rings. The second-order valence-electron chi connectivity index (χ2n) is 7.32. The summed E-state index contributed by atoms with van der Waals surface area (Å²) in [6, 6.07) is 15.8. The Balaban J connectivity index is 1.38. The van der Waals surface area contributed by atoms with Crippen LogP contribution in [-0.2, 0) is 6.42 Å². The van der Waals surface area contributed by atoms with Crippen molar-refractivity contribution in [3.05, 3.63) is 66.1 Å². The molecule has 0 saturated heterocycles. The third kappa shape index (κ3) is 5.97. The number of ether oxygens (including phenoxy) is 1. The van der Waals surface area contributed by atoms with Gasteiger partial charge in [-0.05, 0) is 55.5 Å². The number of anilines is 6. The highest BCUT2D eigenvalue weighted by molar-refractivity contribution is 5.99. The SMILES string of the molecule is CCc1nc(Nc2ccc(NC(=O)Nc3ccc(OC)cc3)cc2)nc(Nc2cc(C)[nH]n2)n1. The normalized spacial score (nSPS) is 10.4. The van der Waals surface area contributed by atoms with E-state index in [1.807, 2.05) is 32.0 Å². The number of benzene rings is 2.